The lowest BCUT2D eigenvalue weighted by Crippen LogP contribution is -2.43. The monoisotopic (exact) mass is 368 g/mol. The van der Waals surface area contributed by atoms with Crippen molar-refractivity contribution in [2.24, 2.45) is 11.3 Å². The first-order chi connectivity index (χ1) is 11.6. The number of nitrogens with one attached hydrogen (secondary N) is 1. The van der Waals surface area contributed by atoms with Gasteiger partial charge in [0.1, 0.15) is 12.4 Å². The summed E-state index contributed by atoms with van der Waals surface area (Å²) in [6, 6.07) is 5.08. The summed E-state index contributed by atoms with van der Waals surface area (Å²) in [7, 11) is -3.37. The maximum absolute atomic E-state index is 12.9. The number of nitrogens with zero attached hydrogens (tertiary/aromatic N) is 1. The van der Waals surface area contributed by atoms with Crippen LogP contribution in [0.5, 0.6) is 5.75 Å². The van der Waals surface area contributed by atoms with E-state index >= 15 is 0 Å². The van der Waals surface area contributed by atoms with Crippen LogP contribution < -0.4 is 14.4 Å². The molecule has 1 aliphatic rings. The van der Waals surface area contributed by atoms with Gasteiger partial charge in [0.25, 0.3) is 0 Å². The van der Waals surface area contributed by atoms with Crippen molar-refractivity contribution in [2.45, 2.75) is 41.0 Å². The number of hydrogen-bond acceptors (Lipinski definition) is 4. The molecule has 0 unspecified atom stereocenters. The van der Waals surface area contributed by atoms with E-state index in [0.717, 1.165) is 0 Å². The van der Waals surface area contributed by atoms with Gasteiger partial charge in [-0.25, -0.2) is 8.42 Å². The van der Waals surface area contributed by atoms with Crippen LogP contribution in [0.1, 0.15) is 41.0 Å². The highest BCUT2D eigenvalue weighted by Gasteiger charge is 2.38. The minimum absolute atomic E-state index is 0.0132. The first-order valence-corrected chi connectivity index (χ1v) is 10.3. The Morgan fingerprint density at radius 1 is 1.32 bits per heavy atom. The van der Waals surface area contributed by atoms with Crippen molar-refractivity contribution >= 4 is 27.3 Å². The Kier molecular flexibility index (Phi) is 5.66. The van der Waals surface area contributed by atoms with Crippen LogP contribution in [0.3, 0.4) is 0 Å². The first kappa shape index (κ1) is 19.6. The van der Waals surface area contributed by atoms with E-state index < -0.39 is 15.4 Å². The zero-order chi connectivity index (χ0) is 18.8. The molecule has 1 aliphatic heterocycles. The third-order valence-electron chi connectivity index (χ3n) is 3.96. The number of ether oxygens (including phenoxy) is 1. The Balaban J connectivity index is 2.40. The van der Waals surface area contributed by atoms with Gasteiger partial charge in [-0.15, -0.1) is 0 Å². The van der Waals surface area contributed by atoms with Crippen LogP contribution in [0.25, 0.3) is 0 Å². The fourth-order valence-electron chi connectivity index (χ4n) is 2.76. The highest BCUT2D eigenvalue weighted by Crippen LogP contribution is 2.38. The van der Waals surface area contributed by atoms with Gasteiger partial charge in [0.15, 0.2) is 0 Å². The highest BCUT2D eigenvalue weighted by molar-refractivity contribution is 7.92. The SMILES string of the molecule is CCCS(=O)(=O)Nc1ccc2c(c1)OCC(C)(C)C(=O)N2CC(C)C. The van der Waals surface area contributed by atoms with Crippen LogP contribution in [-0.4, -0.2) is 33.2 Å². The molecule has 0 fully saturated rings. The lowest BCUT2D eigenvalue weighted by molar-refractivity contribution is -0.127. The van der Waals surface area contributed by atoms with E-state index in [1.165, 1.54) is 0 Å². The third-order valence-corrected chi connectivity index (χ3v) is 5.45. The molecule has 0 aromatic heterocycles. The number of rotatable bonds is 6. The number of carbonyl (C=O) groups is 1. The molecule has 0 spiro atoms. The van der Waals surface area contributed by atoms with Gasteiger partial charge in [-0.2, -0.15) is 0 Å². The van der Waals surface area contributed by atoms with Crippen molar-refractivity contribution in [3.8, 4) is 5.75 Å². The number of carbonyl (C=O) groups excluding carboxylic acids is 1. The normalized spacial score (nSPS) is 17.0. The molecule has 0 bridgehead atoms. The van der Waals surface area contributed by atoms with Crippen molar-refractivity contribution in [2.75, 3.05) is 28.5 Å². The Hall–Kier alpha value is -1.76. The minimum Gasteiger partial charge on any atom is -0.490 e. The zero-order valence-corrected chi connectivity index (χ0v) is 16.4. The molecule has 1 N–H and O–H groups in total. The predicted octanol–water partition coefficient (Wildman–Crippen LogP) is 3.25. The molecule has 0 saturated carbocycles. The molecule has 1 aromatic carbocycles. The van der Waals surface area contributed by atoms with Gasteiger partial charge in [-0.3, -0.25) is 9.52 Å². The summed E-state index contributed by atoms with van der Waals surface area (Å²) in [6.45, 7) is 10.5. The van der Waals surface area contributed by atoms with Gasteiger partial charge < -0.3 is 9.64 Å². The topological polar surface area (TPSA) is 75.7 Å². The highest BCUT2D eigenvalue weighted by atomic mass is 32.2. The molecule has 0 radical (unpaired) electrons. The summed E-state index contributed by atoms with van der Waals surface area (Å²) in [6.07, 6.45) is 0.543. The second kappa shape index (κ2) is 7.23. The van der Waals surface area contributed by atoms with Gasteiger partial charge in [0.2, 0.25) is 15.9 Å². The largest absolute Gasteiger partial charge is 0.490 e. The molecule has 2 rings (SSSR count). The smallest absolute Gasteiger partial charge is 0.236 e. The quantitative estimate of drug-likeness (QED) is 0.836. The molecule has 0 atom stereocenters. The van der Waals surface area contributed by atoms with Crippen LogP contribution in [-0.2, 0) is 14.8 Å². The molecule has 25 heavy (non-hydrogen) atoms. The maximum atomic E-state index is 12.9. The third kappa shape index (κ3) is 4.66. The fourth-order valence-corrected chi connectivity index (χ4v) is 3.88. The number of amides is 1. The molecular formula is C18H28N2O4S. The predicted molar refractivity (Wildman–Crippen MR) is 101 cm³/mol. The van der Waals surface area contributed by atoms with E-state index in [4.69, 9.17) is 4.74 Å². The fraction of sp³-hybridized carbons (Fsp3) is 0.611. The van der Waals surface area contributed by atoms with Crippen LogP contribution in [0, 0.1) is 11.3 Å². The van der Waals surface area contributed by atoms with E-state index in [0.29, 0.717) is 36.0 Å². The molecule has 1 amide bonds. The summed E-state index contributed by atoms with van der Waals surface area (Å²) in [4.78, 5) is 14.6. The van der Waals surface area contributed by atoms with Crippen molar-refractivity contribution in [3.63, 3.8) is 0 Å². The summed E-state index contributed by atoms with van der Waals surface area (Å²) in [5.41, 5.74) is 0.488. The van der Waals surface area contributed by atoms with Crippen LogP contribution in [0.4, 0.5) is 11.4 Å². The Bertz CT molecular complexity index is 741. The van der Waals surface area contributed by atoms with Crippen molar-refractivity contribution in [3.05, 3.63) is 18.2 Å². The second-order valence-corrected chi connectivity index (χ2v) is 9.43. The molecule has 1 aromatic rings. The molecule has 0 aliphatic carbocycles. The van der Waals surface area contributed by atoms with E-state index in [-0.39, 0.29) is 18.3 Å². The molecule has 6 nitrogen and oxygen atoms in total. The Morgan fingerprint density at radius 2 is 2.00 bits per heavy atom. The molecule has 0 saturated heterocycles. The lowest BCUT2D eigenvalue weighted by Gasteiger charge is -2.29. The number of benzene rings is 1. The number of sulfonamides is 1. The van der Waals surface area contributed by atoms with Crippen LogP contribution >= 0.6 is 0 Å². The summed E-state index contributed by atoms with van der Waals surface area (Å²) >= 11 is 0. The number of hydrogen-bond donors (Lipinski definition) is 1. The van der Waals surface area contributed by atoms with Crippen LogP contribution in [0.2, 0.25) is 0 Å². The minimum atomic E-state index is -3.37. The van der Waals surface area contributed by atoms with Gasteiger partial charge in [0, 0.05) is 12.6 Å². The molecule has 140 valence electrons. The maximum Gasteiger partial charge on any atom is 0.236 e. The van der Waals surface area contributed by atoms with E-state index in [1.807, 2.05) is 20.8 Å². The van der Waals surface area contributed by atoms with Gasteiger partial charge in [0.05, 0.1) is 22.5 Å². The second-order valence-electron chi connectivity index (χ2n) is 7.59. The van der Waals surface area contributed by atoms with Gasteiger partial charge in [-0.1, -0.05) is 20.8 Å². The molecule has 1 heterocycles. The average Bonchev–Trinajstić information content (AvgIpc) is 2.57. The van der Waals surface area contributed by atoms with E-state index in [2.05, 4.69) is 18.6 Å². The van der Waals surface area contributed by atoms with Crippen LogP contribution in [0.15, 0.2) is 18.2 Å². The van der Waals surface area contributed by atoms with Gasteiger partial charge in [-0.05, 0) is 38.3 Å². The van der Waals surface area contributed by atoms with Crippen molar-refractivity contribution in [1.29, 1.82) is 0 Å². The average molecular weight is 368 g/mol. The van der Waals surface area contributed by atoms with E-state index in [9.17, 15) is 13.2 Å². The van der Waals surface area contributed by atoms with Gasteiger partial charge >= 0.3 is 0 Å². The number of fused-ring (bicyclic) bond motifs is 1. The summed E-state index contributed by atoms with van der Waals surface area (Å²) < 4.78 is 32.4. The number of anilines is 2. The van der Waals surface area contributed by atoms with Crippen molar-refractivity contribution < 1.29 is 17.9 Å². The summed E-state index contributed by atoms with van der Waals surface area (Å²) in [5.74, 6) is 0.902. The Morgan fingerprint density at radius 3 is 2.60 bits per heavy atom. The first-order valence-electron chi connectivity index (χ1n) is 8.65. The van der Waals surface area contributed by atoms with E-state index in [1.54, 1.807) is 23.1 Å². The lowest BCUT2D eigenvalue weighted by atomic mass is 9.92. The standard InChI is InChI=1S/C18H28N2O4S/c1-6-9-25(22,23)19-14-7-8-15-16(10-14)24-12-18(4,5)17(21)20(15)11-13(2)3/h7-8,10,13,19H,6,9,11-12H2,1-5H3. The zero-order valence-electron chi connectivity index (χ0n) is 15.6. The molecule has 7 heteroatoms. The molecular weight excluding hydrogens is 340 g/mol. The summed E-state index contributed by atoms with van der Waals surface area (Å²) in [5, 5.41) is 0. The Labute approximate surface area is 150 Å². The van der Waals surface area contributed by atoms with Crippen molar-refractivity contribution in [1.82, 2.24) is 0 Å².